The van der Waals surface area contributed by atoms with Crippen LogP contribution in [0.25, 0.3) is 0 Å². The highest BCUT2D eigenvalue weighted by Gasteiger charge is 2.19. The van der Waals surface area contributed by atoms with E-state index in [2.05, 4.69) is 26.1 Å². The fourth-order valence-corrected chi connectivity index (χ4v) is 3.06. The van der Waals surface area contributed by atoms with Crippen LogP contribution in [-0.2, 0) is 10.8 Å². The van der Waals surface area contributed by atoms with Gasteiger partial charge in [0.05, 0.1) is 0 Å². The minimum Gasteiger partial charge on any atom is -0.313 e. The third kappa shape index (κ3) is 5.44. The lowest BCUT2D eigenvalue weighted by atomic mass is 10.1. The third-order valence-electron chi connectivity index (χ3n) is 3.26. The highest BCUT2D eigenvalue weighted by Crippen LogP contribution is 2.17. The Morgan fingerprint density at radius 3 is 2.19 bits per heavy atom. The van der Waals surface area contributed by atoms with Crippen LogP contribution < -0.4 is 5.32 Å². The first kappa shape index (κ1) is 14.2. The lowest BCUT2D eigenvalue weighted by Gasteiger charge is -2.20. The molecule has 0 saturated heterocycles. The predicted octanol–water partition coefficient (Wildman–Crippen LogP) is 2.85. The zero-order valence-electron chi connectivity index (χ0n) is 11.1. The van der Waals surface area contributed by atoms with Gasteiger partial charge in [-0.15, -0.1) is 0 Å². The van der Waals surface area contributed by atoms with Crippen LogP contribution in [0.4, 0.5) is 0 Å². The van der Waals surface area contributed by atoms with E-state index in [4.69, 9.17) is 0 Å². The number of rotatable bonds is 4. The quantitative estimate of drug-likeness (QED) is 0.772. The maximum Gasteiger partial charge on any atom is 0.0375 e. The van der Waals surface area contributed by atoms with Crippen molar-refractivity contribution in [3.8, 4) is 0 Å². The normalized spacial score (nSPS) is 21.7. The molecule has 1 aliphatic rings. The molecule has 0 aromatic rings. The first-order chi connectivity index (χ1) is 7.50. The topological polar surface area (TPSA) is 29.1 Å². The van der Waals surface area contributed by atoms with Gasteiger partial charge in [0.1, 0.15) is 0 Å². The summed E-state index contributed by atoms with van der Waals surface area (Å²) >= 11 is 0. The second kappa shape index (κ2) is 6.75. The molecule has 0 aromatic heterocycles. The average molecular weight is 245 g/mol. The van der Waals surface area contributed by atoms with E-state index in [-0.39, 0.29) is 4.75 Å². The summed E-state index contributed by atoms with van der Waals surface area (Å²) < 4.78 is 11.8. The molecule has 0 bridgehead atoms. The molecule has 0 aliphatic heterocycles. The number of hydrogen-bond acceptors (Lipinski definition) is 2. The van der Waals surface area contributed by atoms with Crippen molar-refractivity contribution >= 4 is 10.8 Å². The summed E-state index contributed by atoms with van der Waals surface area (Å²) in [6.07, 6.45) is 8.13. The number of nitrogens with one attached hydrogen (secondary N) is 1. The van der Waals surface area contributed by atoms with E-state index in [1.165, 1.54) is 38.5 Å². The van der Waals surface area contributed by atoms with E-state index in [1.54, 1.807) is 0 Å². The number of hydrogen-bond donors (Lipinski definition) is 1. The molecule has 96 valence electrons. The van der Waals surface area contributed by atoms with Crippen molar-refractivity contribution in [2.75, 3.05) is 12.3 Å². The van der Waals surface area contributed by atoms with Crippen molar-refractivity contribution in [1.29, 1.82) is 0 Å². The van der Waals surface area contributed by atoms with Gasteiger partial charge in [-0.3, -0.25) is 4.21 Å². The Labute approximate surface area is 103 Å². The molecule has 3 heteroatoms. The van der Waals surface area contributed by atoms with E-state index in [0.717, 1.165) is 12.3 Å². The van der Waals surface area contributed by atoms with Crippen LogP contribution in [0.1, 0.15) is 59.3 Å². The summed E-state index contributed by atoms with van der Waals surface area (Å²) in [5.41, 5.74) is 0. The van der Waals surface area contributed by atoms with Gasteiger partial charge in [0, 0.05) is 33.9 Å². The summed E-state index contributed by atoms with van der Waals surface area (Å²) in [6, 6.07) is 0.680. The molecule has 0 aromatic carbocycles. The Hall–Kier alpha value is 0.110. The minimum absolute atomic E-state index is 0.0644. The Morgan fingerprint density at radius 1 is 1.12 bits per heavy atom. The molecule has 0 spiro atoms. The predicted molar refractivity (Wildman–Crippen MR) is 72.3 cm³/mol. The van der Waals surface area contributed by atoms with Gasteiger partial charge in [-0.2, -0.15) is 0 Å². The Balaban J connectivity index is 2.17. The monoisotopic (exact) mass is 245 g/mol. The molecule has 1 fully saturated rings. The SMILES string of the molecule is CC(C)(C)S(=O)CCNC1CCCCCC1. The van der Waals surface area contributed by atoms with Crippen molar-refractivity contribution in [2.45, 2.75) is 70.1 Å². The second-order valence-corrected chi connectivity index (χ2v) is 8.13. The summed E-state index contributed by atoms with van der Waals surface area (Å²) in [7, 11) is -0.708. The van der Waals surface area contributed by atoms with Crippen LogP contribution in [0.15, 0.2) is 0 Å². The summed E-state index contributed by atoms with van der Waals surface area (Å²) in [4.78, 5) is 0. The van der Waals surface area contributed by atoms with Crippen molar-refractivity contribution in [1.82, 2.24) is 5.32 Å². The van der Waals surface area contributed by atoms with Gasteiger partial charge >= 0.3 is 0 Å². The zero-order chi connectivity index (χ0) is 12.0. The molecule has 1 N–H and O–H groups in total. The smallest absolute Gasteiger partial charge is 0.0375 e. The minimum atomic E-state index is -0.708. The molecule has 0 heterocycles. The fourth-order valence-electron chi connectivity index (χ4n) is 2.15. The van der Waals surface area contributed by atoms with E-state index < -0.39 is 10.8 Å². The van der Waals surface area contributed by atoms with Crippen LogP contribution in [0, 0.1) is 0 Å². The van der Waals surface area contributed by atoms with Crippen LogP contribution in [-0.4, -0.2) is 27.3 Å². The van der Waals surface area contributed by atoms with Crippen LogP contribution >= 0.6 is 0 Å². The molecule has 0 amide bonds. The Morgan fingerprint density at radius 2 is 1.69 bits per heavy atom. The maximum absolute atomic E-state index is 11.8. The van der Waals surface area contributed by atoms with Crippen molar-refractivity contribution < 1.29 is 4.21 Å². The van der Waals surface area contributed by atoms with Gasteiger partial charge in [-0.05, 0) is 33.6 Å². The van der Waals surface area contributed by atoms with Gasteiger partial charge in [-0.1, -0.05) is 25.7 Å². The highest BCUT2D eigenvalue weighted by molar-refractivity contribution is 7.86. The molecular formula is C13H27NOS. The second-order valence-electron chi connectivity index (χ2n) is 5.80. The molecule has 1 saturated carbocycles. The van der Waals surface area contributed by atoms with E-state index in [9.17, 15) is 4.21 Å². The first-order valence-corrected chi connectivity index (χ1v) is 7.94. The molecule has 16 heavy (non-hydrogen) atoms. The van der Waals surface area contributed by atoms with Gasteiger partial charge in [0.2, 0.25) is 0 Å². The molecular weight excluding hydrogens is 218 g/mol. The molecule has 0 radical (unpaired) electrons. The van der Waals surface area contributed by atoms with E-state index in [0.29, 0.717) is 6.04 Å². The standard InChI is InChI=1S/C13H27NOS/c1-13(2,3)16(15)11-10-14-12-8-6-4-5-7-9-12/h12,14H,4-11H2,1-3H3. The molecule has 1 rings (SSSR count). The van der Waals surface area contributed by atoms with Gasteiger partial charge in [0.25, 0.3) is 0 Å². The van der Waals surface area contributed by atoms with Gasteiger partial charge < -0.3 is 5.32 Å². The van der Waals surface area contributed by atoms with Gasteiger partial charge in [0.15, 0.2) is 0 Å². The largest absolute Gasteiger partial charge is 0.313 e. The first-order valence-electron chi connectivity index (χ1n) is 6.62. The molecule has 1 aliphatic carbocycles. The van der Waals surface area contributed by atoms with E-state index in [1.807, 2.05) is 0 Å². The van der Waals surface area contributed by atoms with Crippen molar-refractivity contribution in [3.05, 3.63) is 0 Å². The summed E-state index contributed by atoms with van der Waals surface area (Å²) in [5.74, 6) is 0.792. The fraction of sp³-hybridized carbons (Fsp3) is 1.00. The maximum atomic E-state index is 11.8. The van der Waals surface area contributed by atoms with E-state index >= 15 is 0 Å². The van der Waals surface area contributed by atoms with Crippen molar-refractivity contribution in [3.63, 3.8) is 0 Å². The van der Waals surface area contributed by atoms with Crippen LogP contribution in [0.3, 0.4) is 0 Å². The summed E-state index contributed by atoms with van der Waals surface area (Å²) in [6.45, 7) is 7.06. The molecule has 1 atom stereocenters. The third-order valence-corrected chi connectivity index (χ3v) is 5.20. The molecule has 1 unspecified atom stereocenters. The lowest BCUT2D eigenvalue weighted by Crippen LogP contribution is -2.35. The average Bonchev–Trinajstić information content (AvgIpc) is 2.44. The molecule has 2 nitrogen and oxygen atoms in total. The zero-order valence-corrected chi connectivity index (χ0v) is 11.9. The van der Waals surface area contributed by atoms with Crippen LogP contribution in [0.2, 0.25) is 0 Å². The summed E-state index contributed by atoms with van der Waals surface area (Å²) in [5, 5.41) is 3.57. The van der Waals surface area contributed by atoms with Crippen molar-refractivity contribution in [2.24, 2.45) is 0 Å². The highest BCUT2D eigenvalue weighted by atomic mass is 32.2. The van der Waals surface area contributed by atoms with Gasteiger partial charge in [-0.25, -0.2) is 0 Å². The lowest BCUT2D eigenvalue weighted by molar-refractivity contribution is 0.472. The Kier molecular flexibility index (Phi) is 5.98. The van der Waals surface area contributed by atoms with Crippen LogP contribution in [0.5, 0.6) is 0 Å². The Bertz CT molecular complexity index is 214.